The molecule has 7 nitrogen and oxygen atoms in total. The number of carbonyl (C=O) groups excluding carboxylic acids is 2. The van der Waals surface area contributed by atoms with Gasteiger partial charge in [-0.2, -0.15) is 0 Å². The Hall–Kier alpha value is -2.17. The third-order valence-corrected chi connectivity index (χ3v) is 5.14. The SMILES string of the molecule is COc1ccc(C(=O)NNC(=S)NC(=O)c2ccc(OCC(C)C)c(Br)c2)cc1Br. The largest absolute Gasteiger partial charge is 0.496 e. The highest BCUT2D eigenvalue weighted by molar-refractivity contribution is 9.10. The summed E-state index contributed by atoms with van der Waals surface area (Å²) in [4.78, 5) is 24.6. The molecule has 0 aliphatic carbocycles. The molecule has 2 aromatic carbocycles. The Bertz CT molecular complexity index is 954. The Kier molecular flexibility index (Phi) is 9.07. The van der Waals surface area contributed by atoms with Gasteiger partial charge in [0.05, 0.1) is 22.7 Å². The van der Waals surface area contributed by atoms with Crippen molar-refractivity contribution in [3.63, 3.8) is 0 Å². The van der Waals surface area contributed by atoms with Gasteiger partial charge in [-0.15, -0.1) is 0 Å². The smallest absolute Gasteiger partial charge is 0.269 e. The fourth-order valence-corrected chi connectivity index (χ4v) is 3.39. The Balaban J connectivity index is 1.90. The summed E-state index contributed by atoms with van der Waals surface area (Å²) in [5, 5.41) is 2.46. The summed E-state index contributed by atoms with van der Waals surface area (Å²) in [6.07, 6.45) is 0. The van der Waals surface area contributed by atoms with Crippen molar-refractivity contribution < 1.29 is 19.1 Å². The van der Waals surface area contributed by atoms with E-state index >= 15 is 0 Å². The Labute approximate surface area is 197 Å². The second-order valence-corrected chi connectivity index (χ2v) is 8.68. The van der Waals surface area contributed by atoms with Crippen molar-refractivity contribution >= 4 is 61.0 Å². The first-order valence-corrected chi connectivity index (χ1v) is 10.9. The molecule has 0 aliphatic heterocycles. The third-order valence-electron chi connectivity index (χ3n) is 3.70. The summed E-state index contributed by atoms with van der Waals surface area (Å²) < 4.78 is 12.1. The molecule has 30 heavy (non-hydrogen) atoms. The van der Waals surface area contributed by atoms with Crippen LogP contribution in [0.5, 0.6) is 11.5 Å². The molecule has 0 aliphatic rings. The number of hydrazine groups is 1. The number of amides is 2. The number of halogens is 2. The average Bonchev–Trinajstić information content (AvgIpc) is 2.70. The van der Waals surface area contributed by atoms with E-state index in [0.717, 1.165) is 0 Å². The Morgan fingerprint density at radius 3 is 2.07 bits per heavy atom. The number of nitrogens with one attached hydrogen (secondary N) is 3. The zero-order valence-corrected chi connectivity index (χ0v) is 20.5. The number of ether oxygens (including phenoxy) is 2. The molecule has 2 aromatic rings. The van der Waals surface area contributed by atoms with E-state index in [2.05, 4.69) is 61.9 Å². The van der Waals surface area contributed by atoms with Crippen molar-refractivity contribution in [3.8, 4) is 11.5 Å². The van der Waals surface area contributed by atoms with Gasteiger partial charge in [-0.05, 0) is 86.4 Å². The zero-order chi connectivity index (χ0) is 22.3. The van der Waals surface area contributed by atoms with Gasteiger partial charge in [0, 0.05) is 11.1 Å². The van der Waals surface area contributed by atoms with Crippen molar-refractivity contribution in [2.24, 2.45) is 5.92 Å². The highest BCUT2D eigenvalue weighted by atomic mass is 79.9. The monoisotopic (exact) mass is 557 g/mol. The van der Waals surface area contributed by atoms with E-state index in [4.69, 9.17) is 21.7 Å². The van der Waals surface area contributed by atoms with E-state index < -0.39 is 11.8 Å². The lowest BCUT2D eigenvalue weighted by atomic mass is 10.2. The predicted octanol–water partition coefficient (Wildman–Crippen LogP) is 4.20. The van der Waals surface area contributed by atoms with Crippen molar-refractivity contribution in [3.05, 3.63) is 56.5 Å². The van der Waals surface area contributed by atoms with E-state index in [0.29, 0.717) is 44.1 Å². The van der Waals surface area contributed by atoms with Crippen LogP contribution in [-0.2, 0) is 0 Å². The highest BCUT2D eigenvalue weighted by Crippen LogP contribution is 2.27. The van der Waals surface area contributed by atoms with Crippen molar-refractivity contribution in [1.29, 1.82) is 0 Å². The minimum absolute atomic E-state index is 0.0443. The first-order chi connectivity index (χ1) is 14.2. The summed E-state index contributed by atoms with van der Waals surface area (Å²) in [6.45, 7) is 4.68. The molecule has 0 fully saturated rings. The van der Waals surface area contributed by atoms with E-state index in [1.54, 1.807) is 36.4 Å². The molecular weight excluding hydrogens is 538 g/mol. The molecule has 0 unspecified atom stereocenters. The molecule has 3 N–H and O–H groups in total. The van der Waals surface area contributed by atoms with Crippen molar-refractivity contribution in [2.75, 3.05) is 13.7 Å². The van der Waals surface area contributed by atoms with Gasteiger partial charge in [-0.25, -0.2) is 0 Å². The third kappa shape index (κ3) is 6.96. The van der Waals surface area contributed by atoms with Crippen molar-refractivity contribution in [1.82, 2.24) is 16.2 Å². The second kappa shape index (κ2) is 11.3. The standard InChI is InChI=1S/C20H21Br2N3O4S/c1-11(2)10-29-17-7-5-12(8-15(17)22)18(26)23-20(30)25-24-19(27)13-4-6-16(28-3)14(21)9-13/h4-9,11H,10H2,1-3H3,(H,24,27)(H2,23,25,26,30). The number of methoxy groups -OCH3 is 1. The second-order valence-electron chi connectivity index (χ2n) is 6.56. The highest BCUT2D eigenvalue weighted by Gasteiger charge is 2.13. The van der Waals surface area contributed by atoms with Crippen LogP contribution < -0.4 is 25.6 Å². The number of carbonyl (C=O) groups is 2. The molecule has 0 atom stereocenters. The summed E-state index contributed by atoms with van der Waals surface area (Å²) >= 11 is 11.8. The van der Waals surface area contributed by atoms with Crippen LogP contribution in [0.25, 0.3) is 0 Å². The first kappa shape index (κ1) is 24.1. The van der Waals surface area contributed by atoms with E-state index in [1.807, 2.05) is 0 Å². The molecule has 0 spiro atoms. The van der Waals surface area contributed by atoms with Gasteiger partial charge >= 0.3 is 0 Å². The lowest BCUT2D eigenvalue weighted by Gasteiger charge is -2.13. The molecule has 0 aromatic heterocycles. The van der Waals surface area contributed by atoms with Gasteiger partial charge in [-0.1, -0.05) is 13.8 Å². The fourth-order valence-electron chi connectivity index (χ4n) is 2.22. The molecule has 0 heterocycles. The van der Waals surface area contributed by atoms with Gasteiger partial charge in [0.15, 0.2) is 5.11 Å². The minimum atomic E-state index is -0.427. The maximum Gasteiger partial charge on any atom is 0.269 e. The molecule has 0 bridgehead atoms. The normalized spacial score (nSPS) is 10.3. The van der Waals surface area contributed by atoms with Crippen LogP contribution in [0.15, 0.2) is 45.3 Å². The lowest BCUT2D eigenvalue weighted by Crippen LogP contribution is -2.48. The number of benzene rings is 2. The molecule has 2 rings (SSSR count). The zero-order valence-electron chi connectivity index (χ0n) is 16.5. The lowest BCUT2D eigenvalue weighted by molar-refractivity contribution is 0.0934. The van der Waals surface area contributed by atoms with Gasteiger partial charge in [0.1, 0.15) is 11.5 Å². The molecule has 0 radical (unpaired) electrons. The van der Waals surface area contributed by atoms with Gasteiger partial charge < -0.3 is 9.47 Å². The van der Waals surface area contributed by atoms with Gasteiger partial charge in [-0.3, -0.25) is 25.8 Å². The summed E-state index contributed by atoms with van der Waals surface area (Å²) in [6, 6.07) is 9.85. The first-order valence-electron chi connectivity index (χ1n) is 8.88. The Morgan fingerprint density at radius 1 is 0.967 bits per heavy atom. The molecular formula is C20H21Br2N3O4S. The fraction of sp³-hybridized carbons (Fsp3) is 0.250. The van der Waals surface area contributed by atoms with Crippen molar-refractivity contribution in [2.45, 2.75) is 13.8 Å². The van der Waals surface area contributed by atoms with E-state index in [-0.39, 0.29) is 5.11 Å². The maximum absolute atomic E-state index is 12.4. The number of thiocarbonyl (C=S) groups is 1. The Morgan fingerprint density at radius 2 is 1.53 bits per heavy atom. The predicted molar refractivity (Wildman–Crippen MR) is 126 cm³/mol. The van der Waals surface area contributed by atoms with Gasteiger partial charge in [0.2, 0.25) is 0 Å². The topological polar surface area (TPSA) is 88.7 Å². The van der Waals surface area contributed by atoms with E-state index in [9.17, 15) is 9.59 Å². The molecule has 0 saturated carbocycles. The van der Waals surface area contributed by atoms with Crippen LogP contribution in [0, 0.1) is 5.92 Å². The molecule has 0 saturated heterocycles. The average molecular weight is 559 g/mol. The summed E-state index contributed by atoms with van der Waals surface area (Å²) in [5.41, 5.74) is 5.70. The van der Waals surface area contributed by atoms with Crippen LogP contribution in [0.2, 0.25) is 0 Å². The van der Waals surface area contributed by atoms with Crippen LogP contribution in [0.3, 0.4) is 0 Å². The number of rotatable bonds is 6. The number of hydrogen-bond acceptors (Lipinski definition) is 5. The van der Waals surface area contributed by atoms with Crippen LogP contribution in [-0.4, -0.2) is 30.6 Å². The van der Waals surface area contributed by atoms with Crippen LogP contribution in [0.1, 0.15) is 34.6 Å². The quantitative estimate of drug-likeness (QED) is 0.364. The van der Waals surface area contributed by atoms with Crippen LogP contribution in [0.4, 0.5) is 0 Å². The van der Waals surface area contributed by atoms with E-state index in [1.165, 1.54) is 7.11 Å². The minimum Gasteiger partial charge on any atom is -0.496 e. The molecule has 160 valence electrons. The summed E-state index contributed by atoms with van der Waals surface area (Å²) in [5.74, 6) is 0.792. The number of hydrogen-bond donors (Lipinski definition) is 3. The maximum atomic E-state index is 12.4. The van der Waals surface area contributed by atoms with Crippen LogP contribution >= 0.6 is 44.1 Å². The van der Waals surface area contributed by atoms with Gasteiger partial charge in [0.25, 0.3) is 11.8 Å². The summed E-state index contributed by atoms with van der Waals surface area (Å²) in [7, 11) is 1.54. The molecule has 2 amide bonds. The molecule has 10 heteroatoms.